The van der Waals surface area contributed by atoms with Gasteiger partial charge in [-0.05, 0) is 89.3 Å². The number of rotatable bonds is 7. The number of carbonyl (C=O) groups is 2. The van der Waals surface area contributed by atoms with Gasteiger partial charge in [0, 0.05) is 47.3 Å². The Morgan fingerprint density at radius 2 is 1.41 bits per heavy atom. The maximum Gasteiger partial charge on any atom is 0.174 e. The molecule has 2 aromatic rings. The van der Waals surface area contributed by atoms with Gasteiger partial charge in [-0.2, -0.15) is 0 Å². The van der Waals surface area contributed by atoms with Gasteiger partial charge in [-0.3, -0.25) is 9.59 Å². The molecule has 1 aliphatic heterocycles. The summed E-state index contributed by atoms with van der Waals surface area (Å²) in [6.45, 7) is 11.8. The molecule has 0 N–H and O–H groups in total. The summed E-state index contributed by atoms with van der Waals surface area (Å²) < 4.78 is 13.5. The summed E-state index contributed by atoms with van der Waals surface area (Å²) >= 11 is 2.33. The van der Waals surface area contributed by atoms with E-state index < -0.39 is 0 Å². The molecule has 0 atom stereocenters. The van der Waals surface area contributed by atoms with Gasteiger partial charge in [-0.1, -0.05) is 77.3 Å². The molecule has 0 saturated heterocycles. The number of halogens is 1. The lowest BCUT2D eigenvalue weighted by Crippen LogP contribution is -2.48. The number of carbonyl (C=O) groups excluding carboxylic acids is 2. The van der Waals surface area contributed by atoms with Crippen molar-refractivity contribution in [3.05, 3.63) is 79.7 Å². The minimum atomic E-state index is -0.386. The van der Waals surface area contributed by atoms with Crippen LogP contribution in [0.3, 0.4) is 0 Å². The first-order chi connectivity index (χ1) is 21.0. The fourth-order valence-electron chi connectivity index (χ4n) is 8.00. The number of benzene rings is 2. The summed E-state index contributed by atoms with van der Waals surface area (Å²) in [4.78, 5) is 31.2. The number of ketones is 2. The number of Topliss-reactive ketones (excluding diaryl/α,β-unsaturated/α-hetero) is 2. The molecule has 0 amide bonds. The van der Waals surface area contributed by atoms with E-state index in [0.717, 1.165) is 51.5 Å². The van der Waals surface area contributed by atoms with Gasteiger partial charge in [-0.25, -0.2) is 0 Å². The third kappa shape index (κ3) is 6.12. The zero-order chi connectivity index (χ0) is 31.2. The van der Waals surface area contributed by atoms with Crippen molar-refractivity contribution in [1.82, 2.24) is 4.90 Å². The first kappa shape index (κ1) is 31.4. The summed E-state index contributed by atoms with van der Waals surface area (Å²) in [5.41, 5.74) is 5.82. The second-order valence-electron chi connectivity index (χ2n) is 14.7. The standard InChI is InChI=1S/C38H46INO4/c1-6-43-32-18-25(17-27(39)36(32)44-23-24-13-9-7-10-14-24)33-34-28(19-37(2,3)21-30(34)41)40(26-15-11-8-12-16-26)29-20-38(4,5)22-31(42)35(29)33/h7,9-10,13-14,17-18,26,33H,6,8,11-12,15-16,19-23H2,1-5H3. The third-order valence-electron chi connectivity index (χ3n) is 9.78. The number of allylic oxidation sites excluding steroid dienone is 4. The van der Waals surface area contributed by atoms with Crippen LogP contribution >= 0.6 is 22.6 Å². The Morgan fingerprint density at radius 1 is 0.818 bits per heavy atom. The molecule has 6 heteroatoms. The molecule has 0 spiro atoms. The Kier molecular flexibility index (Phi) is 8.77. The number of hydrogen-bond donors (Lipinski definition) is 0. The van der Waals surface area contributed by atoms with Crippen LogP contribution < -0.4 is 9.47 Å². The number of ether oxygens (including phenoxy) is 2. The Morgan fingerprint density at radius 3 is 1.98 bits per heavy atom. The molecule has 6 rings (SSSR count). The van der Waals surface area contributed by atoms with Crippen LogP contribution in [0.4, 0.5) is 0 Å². The number of hydrogen-bond acceptors (Lipinski definition) is 5. The summed E-state index contributed by atoms with van der Waals surface area (Å²) in [7, 11) is 0. The molecule has 0 radical (unpaired) electrons. The summed E-state index contributed by atoms with van der Waals surface area (Å²) in [5.74, 6) is 1.35. The molecule has 1 saturated carbocycles. The Labute approximate surface area is 276 Å². The van der Waals surface area contributed by atoms with Crippen LogP contribution in [0.25, 0.3) is 0 Å². The minimum absolute atomic E-state index is 0.125. The van der Waals surface area contributed by atoms with E-state index in [2.05, 4.69) is 73.4 Å². The maximum atomic E-state index is 14.3. The maximum absolute atomic E-state index is 14.3. The zero-order valence-electron chi connectivity index (χ0n) is 26.9. The van der Waals surface area contributed by atoms with Gasteiger partial charge in [0.15, 0.2) is 23.1 Å². The number of nitrogens with zero attached hydrogens (tertiary/aromatic N) is 1. The van der Waals surface area contributed by atoms with E-state index in [0.29, 0.717) is 43.6 Å². The molecular formula is C38H46INO4. The monoisotopic (exact) mass is 707 g/mol. The first-order valence-electron chi connectivity index (χ1n) is 16.4. The van der Waals surface area contributed by atoms with Crippen LogP contribution in [0.5, 0.6) is 11.5 Å². The molecule has 0 bridgehead atoms. The van der Waals surface area contributed by atoms with Crippen molar-refractivity contribution in [3.63, 3.8) is 0 Å². The minimum Gasteiger partial charge on any atom is -0.490 e. The topological polar surface area (TPSA) is 55.8 Å². The molecule has 1 heterocycles. The van der Waals surface area contributed by atoms with Gasteiger partial charge in [0.25, 0.3) is 0 Å². The molecular weight excluding hydrogens is 661 g/mol. The van der Waals surface area contributed by atoms with E-state index >= 15 is 0 Å². The Hall–Kier alpha value is -2.61. The van der Waals surface area contributed by atoms with Crippen LogP contribution in [0.2, 0.25) is 0 Å². The van der Waals surface area contributed by atoms with Gasteiger partial charge in [-0.15, -0.1) is 0 Å². The fraction of sp³-hybridized carbons (Fsp3) is 0.526. The molecule has 3 aliphatic carbocycles. The van der Waals surface area contributed by atoms with Gasteiger partial charge < -0.3 is 14.4 Å². The predicted molar refractivity (Wildman–Crippen MR) is 183 cm³/mol. The molecule has 44 heavy (non-hydrogen) atoms. The second kappa shape index (κ2) is 12.3. The highest BCUT2D eigenvalue weighted by atomic mass is 127. The predicted octanol–water partition coefficient (Wildman–Crippen LogP) is 9.29. The van der Waals surface area contributed by atoms with E-state index in [4.69, 9.17) is 9.47 Å². The van der Waals surface area contributed by atoms with Crippen LogP contribution in [-0.4, -0.2) is 29.1 Å². The largest absolute Gasteiger partial charge is 0.490 e. The summed E-state index contributed by atoms with van der Waals surface area (Å²) in [6.07, 6.45) is 8.57. The SMILES string of the molecule is CCOc1cc(C2C3=C(CC(C)(C)CC3=O)N(C3CCCCC3)C3=C2C(=O)CC(C)(C)C3)cc(I)c1OCc1ccccc1. The van der Waals surface area contributed by atoms with E-state index in [1.165, 1.54) is 30.7 Å². The first-order valence-corrected chi connectivity index (χ1v) is 17.5. The normalized spacial score (nSPS) is 22.2. The van der Waals surface area contributed by atoms with E-state index in [1.54, 1.807) is 0 Å². The van der Waals surface area contributed by atoms with Crippen molar-refractivity contribution >= 4 is 34.2 Å². The fourth-order valence-corrected chi connectivity index (χ4v) is 8.78. The van der Waals surface area contributed by atoms with Crippen LogP contribution in [0.15, 0.2) is 65.0 Å². The second-order valence-corrected chi connectivity index (χ2v) is 15.9. The van der Waals surface area contributed by atoms with Gasteiger partial charge in [0.2, 0.25) is 0 Å². The average molecular weight is 708 g/mol. The lowest BCUT2D eigenvalue weighted by molar-refractivity contribution is -0.119. The molecule has 4 aliphatic rings. The Balaban J connectivity index is 1.52. The van der Waals surface area contributed by atoms with E-state index in [-0.39, 0.29) is 28.3 Å². The average Bonchev–Trinajstić information content (AvgIpc) is 2.95. The Bertz CT molecular complexity index is 1460. The summed E-state index contributed by atoms with van der Waals surface area (Å²) in [6, 6.07) is 14.6. The van der Waals surface area contributed by atoms with Crippen molar-refractivity contribution < 1.29 is 19.1 Å². The quantitative estimate of drug-likeness (QED) is 0.269. The lowest BCUT2D eigenvalue weighted by Gasteiger charge is -2.52. The highest BCUT2D eigenvalue weighted by Crippen LogP contribution is 2.56. The van der Waals surface area contributed by atoms with Crippen molar-refractivity contribution in [2.45, 2.75) is 111 Å². The summed E-state index contributed by atoms with van der Waals surface area (Å²) in [5, 5.41) is 0. The van der Waals surface area contributed by atoms with Crippen LogP contribution in [0.1, 0.15) is 109 Å². The molecule has 5 nitrogen and oxygen atoms in total. The molecule has 0 unspecified atom stereocenters. The van der Waals surface area contributed by atoms with Crippen LogP contribution in [-0.2, 0) is 16.2 Å². The van der Waals surface area contributed by atoms with Crippen molar-refractivity contribution in [2.24, 2.45) is 10.8 Å². The third-order valence-corrected chi connectivity index (χ3v) is 10.6. The smallest absolute Gasteiger partial charge is 0.174 e. The lowest BCUT2D eigenvalue weighted by atomic mass is 9.63. The van der Waals surface area contributed by atoms with E-state index in [9.17, 15) is 9.59 Å². The van der Waals surface area contributed by atoms with Crippen LogP contribution in [0, 0.1) is 14.4 Å². The van der Waals surface area contributed by atoms with Gasteiger partial charge in [0.05, 0.1) is 10.2 Å². The highest BCUT2D eigenvalue weighted by molar-refractivity contribution is 14.1. The molecule has 2 aromatic carbocycles. The van der Waals surface area contributed by atoms with Crippen molar-refractivity contribution in [2.75, 3.05) is 6.61 Å². The van der Waals surface area contributed by atoms with E-state index in [1.807, 2.05) is 31.2 Å². The van der Waals surface area contributed by atoms with Crippen molar-refractivity contribution in [3.8, 4) is 11.5 Å². The highest BCUT2D eigenvalue weighted by Gasteiger charge is 2.50. The van der Waals surface area contributed by atoms with Gasteiger partial charge in [0.1, 0.15) is 6.61 Å². The zero-order valence-corrected chi connectivity index (χ0v) is 29.1. The molecule has 0 aromatic heterocycles. The molecule has 234 valence electrons. The van der Waals surface area contributed by atoms with Crippen molar-refractivity contribution in [1.29, 1.82) is 0 Å². The van der Waals surface area contributed by atoms with Gasteiger partial charge >= 0.3 is 0 Å². The molecule has 1 fully saturated rings.